The first-order chi connectivity index (χ1) is 18.0. The Kier molecular flexibility index (Phi) is 6.92. The minimum atomic E-state index is -0.375. The van der Waals surface area contributed by atoms with Gasteiger partial charge in [-0.15, -0.1) is 0 Å². The van der Waals surface area contributed by atoms with E-state index in [4.69, 9.17) is 9.31 Å². The minimum absolute atomic E-state index is 0.156. The molecule has 0 spiro atoms. The Morgan fingerprint density at radius 1 is 0.553 bits per heavy atom. The molecule has 1 heterocycles. The van der Waals surface area contributed by atoms with Gasteiger partial charge in [-0.1, -0.05) is 124 Å². The van der Waals surface area contributed by atoms with E-state index in [1.807, 2.05) is 0 Å². The SMILES string of the molecule is Cc1cccc(C)c1B(c1cccc(-c2cccc(B3OC(C)(C)C(C)(C)O3)c2)c1)c1c(C)cccc1C. The van der Waals surface area contributed by atoms with Crippen LogP contribution in [-0.4, -0.2) is 25.0 Å². The number of rotatable bonds is 5. The van der Waals surface area contributed by atoms with Crippen molar-refractivity contribution in [2.24, 2.45) is 0 Å². The maximum Gasteiger partial charge on any atom is 0.494 e. The molecule has 1 saturated heterocycles. The Balaban J connectivity index is 1.61. The van der Waals surface area contributed by atoms with E-state index >= 15 is 0 Å². The summed E-state index contributed by atoms with van der Waals surface area (Å²) in [5.74, 6) is 0. The lowest BCUT2D eigenvalue weighted by Gasteiger charge is -2.32. The summed E-state index contributed by atoms with van der Waals surface area (Å²) in [6, 6.07) is 30.9. The molecule has 5 rings (SSSR count). The molecule has 4 aromatic rings. The lowest BCUT2D eigenvalue weighted by Crippen LogP contribution is -2.55. The fourth-order valence-corrected chi connectivity index (χ4v) is 5.78. The fourth-order valence-electron chi connectivity index (χ4n) is 5.78. The van der Waals surface area contributed by atoms with Crippen LogP contribution in [0.15, 0.2) is 84.9 Å². The van der Waals surface area contributed by atoms with Gasteiger partial charge < -0.3 is 9.31 Å². The summed E-state index contributed by atoms with van der Waals surface area (Å²) in [4.78, 5) is 0. The van der Waals surface area contributed by atoms with Crippen molar-refractivity contribution in [1.29, 1.82) is 0 Å². The van der Waals surface area contributed by atoms with Gasteiger partial charge in [0.25, 0.3) is 0 Å². The van der Waals surface area contributed by atoms with Crippen molar-refractivity contribution >= 4 is 35.7 Å². The Labute approximate surface area is 229 Å². The highest BCUT2D eigenvalue weighted by Gasteiger charge is 2.51. The standard InChI is InChI=1S/C34H38B2O2/c1-23-13-9-14-24(2)31(23)35(32-25(3)15-10-16-26(32)4)29-19-11-17-27(21-29)28-18-12-20-30(22-28)36-37-33(5,6)34(7,8)38-36/h9-22H,1-8H3. The second kappa shape index (κ2) is 9.91. The molecule has 0 radical (unpaired) electrons. The van der Waals surface area contributed by atoms with E-state index in [2.05, 4.69) is 140 Å². The van der Waals surface area contributed by atoms with Gasteiger partial charge in [0, 0.05) is 0 Å². The molecule has 0 saturated carbocycles. The van der Waals surface area contributed by atoms with Gasteiger partial charge >= 0.3 is 7.12 Å². The summed E-state index contributed by atoms with van der Waals surface area (Å²) < 4.78 is 12.7. The molecule has 1 aliphatic rings. The van der Waals surface area contributed by atoms with Crippen molar-refractivity contribution in [3.05, 3.63) is 107 Å². The van der Waals surface area contributed by atoms with E-state index < -0.39 is 0 Å². The van der Waals surface area contributed by atoms with Gasteiger partial charge in [0.05, 0.1) is 11.2 Å². The zero-order chi connectivity index (χ0) is 27.2. The molecule has 0 atom stereocenters. The summed E-state index contributed by atoms with van der Waals surface area (Å²) in [7, 11) is -0.375. The van der Waals surface area contributed by atoms with Gasteiger partial charge in [0.15, 0.2) is 0 Å². The summed E-state index contributed by atoms with van der Waals surface area (Å²) >= 11 is 0. The highest BCUT2D eigenvalue weighted by atomic mass is 16.7. The van der Waals surface area contributed by atoms with Crippen molar-refractivity contribution in [1.82, 2.24) is 0 Å². The second-order valence-electron chi connectivity index (χ2n) is 11.9. The van der Waals surface area contributed by atoms with Gasteiger partial charge in [-0.05, 0) is 72.0 Å². The zero-order valence-corrected chi connectivity index (χ0v) is 24.1. The van der Waals surface area contributed by atoms with Crippen molar-refractivity contribution in [3.8, 4) is 11.1 Å². The largest absolute Gasteiger partial charge is 0.494 e. The maximum atomic E-state index is 6.35. The Hall–Kier alpha value is -3.07. The highest BCUT2D eigenvalue weighted by Crippen LogP contribution is 2.36. The molecule has 0 amide bonds. The monoisotopic (exact) mass is 500 g/mol. The normalized spacial score (nSPS) is 16.1. The molecular formula is C34H38B2O2. The van der Waals surface area contributed by atoms with Gasteiger partial charge in [0.1, 0.15) is 0 Å². The van der Waals surface area contributed by atoms with Gasteiger partial charge in [-0.25, -0.2) is 0 Å². The molecule has 2 nitrogen and oxygen atoms in total. The van der Waals surface area contributed by atoms with E-state index in [-0.39, 0.29) is 25.0 Å². The van der Waals surface area contributed by atoms with Crippen LogP contribution in [0.1, 0.15) is 49.9 Å². The molecule has 0 bridgehead atoms. The maximum absolute atomic E-state index is 6.35. The summed E-state index contributed by atoms with van der Waals surface area (Å²) in [6.07, 6.45) is 0. The first-order valence-electron chi connectivity index (χ1n) is 13.7. The van der Waals surface area contributed by atoms with E-state index in [1.165, 1.54) is 49.8 Å². The smallest absolute Gasteiger partial charge is 0.399 e. The molecule has 0 N–H and O–H groups in total. The molecular weight excluding hydrogens is 462 g/mol. The molecule has 0 unspecified atom stereocenters. The third-order valence-electron chi connectivity index (χ3n) is 8.63. The van der Waals surface area contributed by atoms with Crippen LogP contribution in [0.5, 0.6) is 0 Å². The highest BCUT2D eigenvalue weighted by molar-refractivity contribution is 6.96. The predicted octanol–water partition coefficient (Wildman–Crippen LogP) is 5.40. The summed E-state index contributed by atoms with van der Waals surface area (Å²) in [5.41, 5.74) is 12.1. The predicted molar refractivity (Wildman–Crippen MR) is 164 cm³/mol. The van der Waals surface area contributed by atoms with Crippen LogP contribution < -0.4 is 21.9 Å². The van der Waals surface area contributed by atoms with Crippen LogP contribution >= 0.6 is 0 Å². The number of hydrogen-bond acceptors (Lipinski definition) is 2. The van der Waals surface area contributed by atoms with Crippen LogP contribution in [0.2, 0.25) is 0 Å². The van der Waals surface area contributed by atoms with Gasteiger partial charge in [0.2, 0.25) is 6.71 Å². The quantitative estimate of drug-likeness (QED) is 0.342. The molecule has 4 aromatic carbocycles. The van der Waals surface area contributed by atoms with Crippen LogP contribution in [0, 0.1) is 27.7 Å². The first kappa shape index (κ1) is 26.5. The van der Waals surface area contributed by atoms with Crippen LogP contribution in [0.3, 0.4) is 0 Å². The first-order valence-corrected chi connectivity index (χ1v) is 13.7. The topological polar surface area (TPSA) is 18.5 Å². The second-order valence-corrected chi connectivity index (χ2v) is 11.9. The van der Waals surface area contributed by atoms with Crippen molar-refractivity contribution < 1.29 is 9.31 Å². The summed E-state index contributed by atoms with van der Waals surface area (Å²) in [6.45, 7) is 17.5. The van der Waals surface area contributed by atoms with Crippen molar-refractivity contribution in [2.75, 3.05) is 0 Å². The van der Waals surface area contributed by atoms with Gasteiger partial charge in [-0.2, -0.15) is 0 Å². The number of aryl methyl sites for hydroxylation is 4. The van der Waals surface area contributed by atoms with E-state index in [9.17, 15) is 0 Å². The molecule has 1 fully saturated rings. The molecule has 38 heavy (non-hydrogen) atoms. The van der Waals surface area contributed by atoms with Crippen LogP contribution in [0.25, 0.3) is 11.1 Å². The molecule has 192 valence electrons. The van der Waals surface area contributed by atoms with Crippen molar-refractivity contribution in [3.63, 3.8) is 0 Å². The zero-order valence-electron chi connectivity index (χ0n) is 24.1. The Morgan fingerprint density at radius 2 is 0.974 bits per heavy atom. The average Bonchev–Trinajstić information content (AvgIpc) is 3.09. The number of hydrogen-bond donors (Lipinski definition) is 0. The lowest BCUT2D eigenvalue weighted by molar-refractivity contribution is 0.00578. The van der Waals surface area contributed by atoms with E-state index in [0.717, 1.165) is 5.46 Å². The van der Waals surface area contributed by atoms with Crippen LogP contribution in [-0.2, 0) is 9.31 Å². The molecule has 0 aromatic heterocycles. The Morgan fingerprint density at radius 3 is 1.47 bits per heavy atom. The average molecular weight is 500 g/mol. The number of benzene rings is 4. The van der Waals surface area contributed by atoms with E-state index in [1.54, 1.807) is 0 Å². The molecule has 0 aliphatic carbocycles. The lowest BCUT2D eigenvalue weighted by atomic mass is 9.34. The van der Waals surface area contributed by atoms with E-state index in [0.29, 0.717) is 0 Å². The third kappa shape index (κ3) is 4.77. The fraction of sp³-hybridized carbons (Fsp3) is 0.294. The van der Waals surface area contributed by atoms with Crippen molar-refractivity contribution in [2.45, 2.75) is 66.6 Å². The Bertz CT molecular complexity index is 1380. The van der Waals surface area contributed by atoms with Crippen LogP contribution in [0.4, 0.5) is 0 Å². The summed E-state index contributed by atoms with van der Waals surface area (Å²) in [5, 5.41) is 0. The molecule has 4 heteroatoms. The molecule has 1 aliphatic heterocycles. The minimum Gasteiger partial charge on any atom is -0.399 e. The third-order valence-corrected chi connectivity index (χ3v) is 8.63. The van der Waals surface area contributed by atoms with Gasteiger partial charge in [-0.3, -0.25) is 0 Å².